The van der Waals surface area contributed by atoms with Crippen molar-refractivity contribution in [1.29, 1.82) is 0 Å². The molecule has 0 spiro atoms. The van der Waals surface area contributed by atoms with Gasteiger partial charge in [0.2, 0.25) is 5.78 Å². The van der Waals surface area contributed by atoms with Crippen LogP contribution in [0.1, 0.15) is 5.69 Å². The number of rotatable bonds is 5. The molecule has 0 radical (unpaired) electrons. The van der Waals surface area contributed by atoms with Crippen LogP contribution in [-0.4, -0.2) is 26.5 Å². The summed E-state index contributed by atoms with van der Waals surface area (Å²) < 4.78 is 26.1. The topological polar surface area (TPSA) is 61.5 Å². The van der Waals surface area contributed by atoms with Crippen molar-refractivity contribution in [3.8, 4) is 22.6 Å². The van der Waals surface area contributed by atoms with E-state index in [0.29, 0.717) is 23.9 Å². The van der Waals surface area contributed by atoms with Gasteiger partial charge in [0.05, 0.1) is 19.0 Å². The van der Waals surface area contributed by atoms with Gasteiger partial charge in [-0.2, -0.15) is 0 Å². The second kappa shape index (κ2) is 6.79. The van der Waals surface area contributed by atoms with Gasteiger partial charge in [-0.1, -0.05) is 0 Å². The molecule has 1 aromatic carbocycles. The maximum absolute atomic E-state index is 13.4. The number of pyridine rings is 1. The van der Waals surface area contributed by atoms with Crippen LogP contribution in [0.4, 0.5) is 4.39 Å². The van der Waals surface area contributed by atoms with Crippen LogP contribution in [-0.2, 0) is 6.61 Å². The highest BCUT2D eigenvalue weighted by Gasteiger charge is 2.10. The number of benzene rings is 1. The van der Waals surface area contributed by atoms with Crippen LogP contribution in [0.15, 0.2) is 61.3 Å². The van der Waals surface area contributed by atoms with Gasteiger partial charge in [-0.3, -0.25) is 9.38 Å². The molecule has 0 atom stereocenters. The first kappa shape index (κ1) is 16.0. The predicted octanol–water partition coefficient (Wildman–Crippen LogP) is 3.52. The maximum atomic E-state index is 13.4. The van der Waals surface area contributed by atoms with Crippen molar-refractivity contribution >= 4 is 5.78 Å². The fraction of sp³-hybridized carbons (Fsp3) is 0.105. The summed E-state index contributed by atoms with van der Waals surface area (Å²) in [6, 6.07) is 8.05. The molecule has 0 N–H and O–H groups in total. The zero-order valence-corrected chi connectivity index (χ0v) is 14.0. The van der Waals surface area contributed by atoms with E-state index in [9.17, 15) is 4.39 Å². The van der Waals surface area contributed by atoms with E-state index >= 15 is 0 Å². The average Bonchev–Trinajstić information content (AvgIpc) is 3.09. The number of nitrogens with zero attached hydrogens (tertiary/aromatic N) is 4. The van der Waals surface area contributed by atoms with E-state index in [0.717, 1.165) is 16.8 Å². The van der Waals surface area contributed by atoms with Gasteiger partial charge in [-0.05, 0) is 24.3 Å². The molecule has 0 amide bonds. The molecule has 0 saturated carbocycles. The first-order chi connectivity index (χ1) is 12.7. The molecule has 0 unspecified atom stereocenters. The molecule has 7 heteroatoms. The van der Waals surface area contributed by atoms with Crippen molar-refractivity contribution in [2.24, 2.45) is 0 Å². The summed E-state index contributed by atoms with van der Waals surface area (Å²) in [6.45, 7) is 0.310. The van der Waals surface area contributed by atoms with Crippen molar-refractivity contribution in [2.45, 2.75) is 6.61 Å². The van der Waals surface area contributed by atoms with E-state index in [2.05, 4.69) is 15.0 Å². The van der Waals surface area contributed by atoms with Gasteiger partial charge in [-0.25, -0.2) is 14.4 Å². The minimum atomic E-state index is -0.350. The average molecular weight is 350 g/mol. The molecule has 4 aromatic rings. The number of imidazole rings is 1. The SMILES string of the molecule is COc1cc(F)ccc1-c1cnc2nc(COc3cccnc3)cn2c1. The number of methoxy groups -OCH3 is 1. The van der Waals surface area contributed by atoms with Crippen molar-refractivity contribution in [2.75, 3.05) is 7.11 Å². The molecule has 3 heterocycles. The van der Waals surface area contributed by atoms with E-state index in [1.807, 2.05) is 24.5 Å². The van der Waals surface area contributed by atoms with Gasteiger partial charge in [0.1, 0.15) is 23.9 Å². The van der Waals surface area contributed by atoms with Gasteiger partial charge in [0.25, 0.3) is 0 Å². The molecule has 6 nitrogen and oxygen atoms in total. The first-order valence-corrected chi connectivity index (χ1v) is 7.93. The Balaban J connectivity index is 1.62. The summed E-state index contributed by atoms with van der Waals surface area (Å²) >= 11 is 0. The minimum absolute atomic E-state index is 0.310. The largest absolute Gasteiger partial charge is 0.496 e. The van der Waals surface area contributed by atoms with Crippen LogP contribution >= 0.6 is 0 Å². The van der Waals surface area contributed by atoms with E-state index in [-0.39, 0.29) is 5.82 Å². The third-order valence-corrected chi connectivity index (χ3v) is 3.86. The lowest BCUT2D eigenvalue weighted by Gasteiger charge is -2.08. The minimum Gasteiger partial charge on any atom is -0.496 e. The summed E-state index contributed by atoms with van der Waals surface area (Å²) in [4.78, 5) is 12.8. The second-order valence-corrected chi connectivity index (χ2v) is 5.60. The molecular weight excluding hydrogens is 335 g/mol. The molecule has 0 saturated heterocycles. The monoisotopic (exact) mass is 350 g/mol. The van der Waals surface area contributed by atoms with Crippen molar-refractivity contribution < 1.29 is 13.9 Å². The van der Waals surface area contributed by atoms with Crippen LogP contribution in [0.2, 0.25) is 0 Å². The van der Waals surface area contributed by atoms with E-state index in [1.165, 1.54) is 19.2 Å². The molecule has 4 rings (SSSR count). The number of ether oxygens (including phenoxy) is 2. The lowest BCUT2D eigenvalue weighted by molar-refractivity contribution is 0.301. The number of halogens is 1. The molecular formula is C19H15FN4O2. The Kier molecular flexibility index (Phi) is 4.18. The summed E-state index contributed by atoms with van der Waals surface area (Å²) in [7, 11) is 1.51. The van der Waals surface area contributed by atoms with E-state index in [4.69, 9.17) is 9.47 Å². The Morgan fingerprint density at radius 2 is 2.08 bits per heavy atom. The Hall–Kier alpha value is -3.48. The number of hydrogen-bond donors (Lipinski definition) is 0. The van der Waals surface area contributed by atoms with Crippen LogP contribution in [0.3, 0.4) is 0 Å². The fourth-order valence-corrected chi connectivity index (χ4v) is 2.64. The molecule has 26 heavy (non-hydrogen) atoms. The van der Waals surface area contributed by atoms with Gasteiger partial charge in [-0.15, -0.1) is 0 Å². The lowest BCUT2D eigenvalue weighted by Crippen LogP contribution is -1.95. The van der Waals surface area contributed by atoms with Crippen LogP contribution < -0.4 is 9.47 Å². The standard InChI is InChI=1S/C19H15FN4O2/c1-25-18-7-14(20)4-5-17(18)13-8-22-19-23-15(11-24(19)10-13)12-26-16-3-2-6-21-9-16/h2-11H,12H2,1H3. The van der Waals surface area contributed by atoms with Crippen molar-refractivity contribution in [3.63, 3.8) is 0 Å². The first-order valence-electron chi connectivity index (χ1n) is 7.93. The maximum Gasteiger partial charge on any atom is 0.234 e. The molecule has 0 bridgehead atoms. The molecule has 130 valence electrons. The Morgan fingerprint density at radius 1 is 1.15 bits per heavy atom. The van der Waals surface area contributed by atoms with Crippen molar-refractivity contribution in [3.05, 3.63) is 72.8 Å². The predicted molar refractivity (Wildman–Crippen MR) is 93.5 cm³/mol. The highest BCUT2D eigenvalue weighted by atomic mass is 19.1. The van der Waals surface area contributed by atoms with Gasteiger partial charge in [0, 0.05) is 42.0 Å². The highest BCUT2D eigenvalue weighted by Crippen LogP contribution is 2.30. The van der Waals surface area contributed by atoms with Crippen LogP contribution in [0.25, 0.3) is 16.9 Å². The fourth-order valence-electron chi connectivity index (χ4n) is 2.64. The Labute approximate surface area is 148 Å². The molecule has 3 aromatic heterocycles. The molecule has 0 aliphatic rings. The summed E-state index contributed by atoms with van der Waals surface area (Å²) in [5.74, 6) is 1.33. The molecule has 0 aliphatic heterocycles. The van der Waals surface area contributed by atoms with Gasteiger partial charge < -0.3 is 9.47 Å². The summed E-state index contributed by atoms with van der Waals surface area (Å²) in [5.41, 5.74) is 2.29. The number of aromatic nitrogens is 4. The second-order valence-electron chi connectivity index (χ2n) is 5.60. The molecule has 0 aliphatic carbocycles. The molecule has 0 fully saturated rings. The lowest BCUT2D eigenvalue weighted by atomic mass is 10.1. The summed E-state index contributed by atoms with van der Waals surface area (Å²) in [6.07, 6.45) is 8.74. The highest BCUT2D eigenvalue weighted by molar-refractivity contribution is 5.69. The number of hydrogen-bond acceptors (Lipinski definition) is 5. The zero-order chi connectivity index (χ0) is 17.9. The quantitative estimate of drug-likeness (QED) is 0.551. The van der Waals surface area contributed by atoms with Gasteiger partial charge in [0.15, 0.2) is 0 Å². The van der Waals surface area contributed by atoms with Crippen LogP contribution in [0.5, 0.6) is 11.5 Å². The summed E-state index contributed by atoms with van der Waals surface area (Å²) in [5, 5.41) is 0. The smallest absolute Gasteiger partial charge is 0.234 e. The Bertz CT molecular complexity index is 1050. The third-order valence-electron chi connectivity index (χ3n) is 3.86. The van der Waals surface area contributed by atoms with Crippen LogP contribution in [0, 0.1) is 5.82 Å². The zero-order valence-electron chi connectivity index (χ0n) is 14.0. The van der Waals surface area contributed by atoms with E-state index < -0.39 is 0 Å². The van der Waals surface area contributed by atoms with E-state index in [1.54, 1.807) is 29.1 Å². The number of fused-ring (bicyclic) bond motifs is 1. The Morgan fingerprint density at radius 3 is 2.88 bits per heavy atom. The third kappa shape index (κ3) is 3.19. The van der Waals surface area contributed by atoms with Crippen molar-refractivity contribution in [1.82, 2.24) is 19.4 Å². The van der Waals surface area contributed by atoms with Gasteiger partial charge >= 0.3 is 0 Å². The normalized spacial score (nSPS) is 10.8.